The lowest BCUT2D eigenvalue weighted by Crippen LogP contribution is -2.34. The third kappa shape index (κ3) is 3.68. The van der Waals surface area contributed by atoms with Gasteiger partial charge in [0.25, 0.3) is 0 Å². The third-order valence-electron chi connectivity index (χ3n) is 3.76. The van der Waals surface area contributed by atoms with Crippen molar-refractivity contribution in [3.63, 3.8) is 0 Å². The van der Waals surface area contributed by atoms with Crippen LogP contribution in [0.2, 0.25) is 0 Å². The fourth-order valence-electron chi connectivity index (χ4n) is 2.64. The second-order valence-electron chi connectivity index (χ2n) is 5.59. The number of hydrogen-bond donors (Lipinski definition) is 1. The summed E-state index contributed by atoms with van der Waals surface area (Å²) >= 11 is 0. The van der Waals surface area contributed by atoms with Crippen LogP contribution in [0.1, 0.15) is 45.4 Å². The van der Waals surface area contributed by atoms with Gasteiger partial charge in [-0.15, -0.1) is 0 Å². The number of likely N-dealkylation sites (tertiary alicyclic amines) is 1. The van der Waals surface area contributed by atoms with Gasteiger partial charge in [-0.05, 0) is 39.0 Å². The maximum absolute atomic E-state index is 11.9. The van der Waals surface area contributed by atoms with Crippen molar-refractivity contribution in [2.75, 3.05) is 19.7 Å². The van der Waals surface area contributed by atoms with E-state index in [1.807, 2.05) is 0 Å². The minimum Gasteiger partial charge on any atom is -0.388 e. The summed E-state index contributed by atoms with van der Waals surface area (Å²) in [5.74, 6) is 0.164. The summed E-state index contributed by atoms with van der Waals surface area (Å²) in [6.45, 7) is 3.82. The van der Waals surface area contributed by atoms with Crippen molar-refractivity contribution in [2.24, 2.45) is 0 Å². The molecule has 0 aromatic rings. The standard InChI is InChI=1S/C13H23NO3/c1-13(16)7-8-14(10-13)12(15)6-5-11-4-2-3-9-17-11/h11,16H,2-10H2,1H3. The Morgan fingerprint density at radius 1 is 1.53 bits per heavy atom. The molecule has 0 aliphatic carbocycles. The summed E-state index contributed by atoms with van der Waals surface area (Å²) in [5, 5.41) is 9.81. The van der Waals surface area contributed by atoms with Crippen LogP contribution in [0.25, 0.3) is 0 Å². The van der Waals surface area contributed by atoms with Gasteiger partial charge < -0.3 is 14.7 Å². The fraction of sp³-hybridized carbons (Fsp3) is 0.923. The predicted octanol–water partition coefficient (Wildman–Crippen LogP) is 1.32. The Labute approximate surface area is 103 Å². The first-order valence-corrected chi connectivity index (χ1v) is 6.69. The van der Waals surface area contributed by atoms with Crippen LogP contribution in [0, 0.1) is 0 Å². The Morgan fingerprint density at radius 2 is 2.35 bits per heavy atom. The second-order valence-corrected chi connectivity index (χ2v) is 5.59. The van der Waals surface area contributed by atoms with Gasteiger partial charge in [0.2, 0.25) is 5.91 Å². The van der Waals surface area contributed by atoms with Gasteiger partial charge in [0.15, 0.2) is 0 Å². The van der Waals surface area contributed by atoms with E-state index in [1.165, 1.54) is 6.42 Å². The third-order valence-corrected chi connectivity index (χ3v) is 3.76. The summed E-state index contributed by atoms with van der Waals surface area (Å²) in [4.78, 5) is 13.7. The molecular formula is C13H23NO3. The lowest BCUT2D eigenvalue weighted by atomic mass is 10.0. The van der Waals surface area contributed by atoms with Crippen molar-refractivity contribution in [3.8, 4) is 0 Å². The number of carbonyl (C=O) groups is 1. The SMILES string of the molecule is CC1(O)CCN(C(=O)CCC2CCCCO2)C1. The molecule has 1 amide bonds. The molecule has 2 aliphatic heterocycles. The number of nitrogens with zero attached hydrogens (tertiary/aromatic N) is 1. The average molecular weight is 241 g/mol. The molecule has 2 unspecified atom stereocenters. The van der Waals surface area contributed by atoms with Crippen molar-refractivity contribution < 1.29 is 14.6 Å². The van der Waals surface area contributed by atoms with Gasteiger partial charge in [0.1, 0.15) is 0 Å². The molecule has 2 atom stereocenters. The zero-order valence-corrected chi connectivity index (χ0v) is 10.7. The van der Waals surface area contributed by atoms with E-state index in [1.54, 1.807) is 11.8 Å². The van der Waals surface area contributed by atoms with Crippen LogP contribution in [0.5, 0.6) is 0 Å². The van der Waals surface area contributed by atoms with Gasteiger partial charge in [0.05, 0.1) is 11.7 Å². The number of amides is 1. The minimum atomic E-state index is -0.684. The van der Waals surface area contributed by atoms with Crippen LogP contribution < -0.4 is 0 Å². The number of carbonyl (C=O) groups excluding carboxylic acids is 1. The lowest BCUT2D eigenvalue weighted by Gasteiger charge is -2.24. The quantitative estimate of drug-likeness (QED) is 0.810. The van der Waals surface area contributed by atoms with E-state index in [2.05, 4.69) is 0 Å². The van der Waals surface area contributed by atoms with Gasteiger partial charge in [-0.1, -0.05) is 0 Å². The molecule has 0 saturated carbocycles. The first-order chi connectivity index (χ1) is 8.07. The topological polar surface area (TPSA) is 49.8 Å². The Hall–Kier alpha value is -0.610. The highest BCUT2D eigenvalue weighted by Gasteiger charge is 2.33. The molecule has 2 aliphatic rings. The molecule has 0 spiro atoms. The molecule has 2 heterocycles. The highest BCUT2D eigenvalue weighted by Crippen LogP contribution is 2.22. The summed E-state index contributed by atoms with van der Waals surface area (Å²) < 4.78 is 5.61. The average Bonchev–Trinajstić information content (AvgIpc) is 2.68. The van der Waals surface area contributed by atoms with Crippen LogP contribution in [0.15, 0.2) is 0 Å². The molecule has 0 aromatic heterocycles. The molecule has 0 bridgehead atoms. The lowest BCUT2D eigenvalue weighted by molar-refractivity contribution is -0.132. The molecule has 2 rings (SSSR count). The maximum atomic E-state index is 11.9. The van der Waals surface area contributed by atoms with Crippen molar-refractivity contribution in [2.45, 2.75) is 57.2 Å². The molecule has 0 radical (unpaired) electrons. The number of hydrogen-bond acceptors (Lipinski definition) is 3. The molecule has 1 N–H and O–H groups in total. The van der Waals surface area contributed by atoms with Gasteiger partial charge in [0, 0.05) is 26.1 Å². The number of aliphatic hydroxyl groups is 1. The van der Waals surface area contributed by atoms with Crippen molar-refractivity contribution in [1.29, 1.82) is 0 Å². The van der Waals surface area contributed by atoms with E-state index in [9.17, 15) is 9.90 Å². The minimum absolute atomic E-state index is 0.164. The van der Waals surface area contributed by atoms with Crippen LogP contribution in [-0.4, -0.2) is 47.3 Å². The largest absolute Gasteiger partial charge is 0.388 e. The molecular weight excluding hydrogens is 218 g/mol. The van der Waals surface area contributed by atoms with Crippen molar-refractivity contribution in [3.05, 3.63) is 0 Å². The zero-order chi connectivity index (χ0) is 12.3. The Balaban J connectivity index is 1.70. The summed E-state index contributed by atoms with van der Waals surface area (Å²) in [6.07, 6.45) is 5.81. The first-order valence-electron chi connectivity index (χ1n) is 6.69. The summed E-state index contributed by atoms with van der Waals surface area (Å²) in [5.41, 5.74) is -0.684. The van der Waals surface area contributed by atoms with E-state index in [0.29, 0.717) is 25.9 Å². The molecule has 2 saturated heterocycles. The van der Waals surface area contributed by atoms with E-state index >= 15 is 0 Å². The Bertz CT molecular complexity index is 272. The maximum Gasteiger partial charge on any atom is 0.222 e. The van der Waals surface area contributed by atoms with E-state index in [0.717, 1.165) is 25.9 Å². The highest BCUT2D eigenvalue weighted by atomic mass is 16.5. The zero-order valence-electron chi connectivity index (χ0n) is 10.7. The smallest absolute Gasteiger partial charge is 0.222 e. The Kier molecular flexibility index (Phi) is 4.05. The van der Waals surface area contributed by atoms with E-state index < -0.39 is 5.60 Å². The van der Waals surface area contributed by atoms with Crippen LogP contribution in [-0.2, 0) is 9.53 Å². The van der Waals surface area contributed by atoms with Crippen LogP contribution in [0.3, 0.4) is 0 Å². The van der Waals surface area contributed by atoms with Gasteiger partial charge >= 0.3 is 0 Å². The molecule has 4 heteroatoms. The number of ether oxygens (including phenoxy) is 1. The van der Waals surface area contributed by atoms with Crippen molar-refractivity contribution in [1.82, 2.24) is 4.90 Å². The molecule has 4 nitrogen and oxygen atoms in total. The van der Waals surface area contributed by atoms with E-state index in [4.69, 9.17) is 4.74 Å². The van der Waals surface area contributed by atoms with Crippen LogP contribution in [0.4, 0.5) is 0 Å². The van der Waals surface area contributed by atoms with E-state index in [-0.39, 0.29) is 12.0 Å². The monoisotopic (exact) mass is 241 g/mol. The van der Waals surface area contributed by atoms with Gasteiger partial charge in [-0.2, -0.15) is 0 Å². The molecule has 98 valence electrons. The number of β-amino-alcohol motifs (C(OH)–C–C–N with tert-alkyl or cyclic N) is 1. The predicted molar refractivity (Wildman–Crippen MR) is 64.6 cm³/mol. The first kappa shape index (κ1) is 12.8. The summed E-state index contributed by atoms with van der Waals surface area (Å²) in [7, 11) is 0. The molecule has 17 heavy (non-hydrogen) atoms. The molecule has 0 aromatic carbocycles. The van der Waals surface area contributed by atoms with Gasteiger partial charge in [-0.3, -0.25) is 4.79 Å². The normalized spacial score (nSPS) is 34.0. The van der Waals surface area contributed by atoms with Crippen molar-refractivity contribution >= 4 is 5.91 Å². The van der Waals surface area contributed by atoms with Gasteiger partial charge in [-0.25, -0.2) is 0 Å². The second kappa shape index (κ2) is 5.36. The number of rotatable bonds is 3. The molecule has 2 fully saturated rings. The highest BCUT2D eigenvalue weighted by molar-refractivity contribution is 5.76. The Morgan fingerprint density at radius 3 is 2.94 bits per heavy atom. The van der Waals surface area contributed by atoms with Crippen LogP contribution >= 0.6 is 0 Å². The summed E-state index contributed by atoms with van der Waals surface area (Å²) in [6, 6.07) is 0. The fourth-order valence-corrected chi connectivity index (χ4v) is 2.64.